The van der Waals surface area contributed by atoms with Crippen LogP contribution in [-0.2, 0) is 11.3 Å². The summed E-state index contributed by atoms with van der Waals surface area (Å²) in [7, 11) is 1.73. The molecule has 100 valence electrons. The van der Waals surface area contributed by atoms with E-state index in [1.807, 2.05) is 0 Å². The van der Waals surface area contributed by atoms with Crippen molar-refractivity contribution in [2.45, 2.75) is 32.4 Å². The van der Waals surface area contributed by atoms with Crippen molar-refractivity contribution in [1.82, 2.24) is 10.3 Å². The van der Waals surface area contributed by atoms with Gasteiger partial charge in [0, 0.05) is 32.8 Å². The van der Waals surface area contributed by atoms with E-state index in [2.05, 4.69) is 35.3 Å². The molecule has 0 radical (unpaired) electrons. The Morgan fingerprint density at radius 3 is 2.94 bits per heavy atom. The number of aromatic nitrogens is 1. The number of nitrogens with one attached hydrogen (secondary N) is 1. The lowest BCUT2D eigenvalue weighted by Gasteiger charge is -2.22. The average Bonchev–Trinajstić information content (AvgIpc) is 3.22. The highest BCUT2D eigenvalue weighted by Crippen LogP contribution is 2.19. The Labute approximate surface area is 109 Å². The van der Waals surface area contributed by atoms with E-state index in [4.69, 9.17) is 9.72 Å². The van der Waals surface area contributed by atoms with Gasteiger partial charge in [0.05, 0.1) is 12.3 Å². The third kappa shape index (κ3) is 3.96. The first-order valence-electron chi connectivity index (χ1n) is 6.76. The van der Waals surface area contributed by atoms with Crippen LogP contribution in [0.1, 0.15) is 25.5 Å². The van der Waals surface area contributed by atoms with Gasteiger partial charge in [0.2, 0.25) is 0 Å². The summed E-state index contributed by atoms with van der Waals surface area (Å²) in [5, 5.41) is 3.49. The molecule has 0 bridgehead atoms. The summed E-state index contributed by atoms with van der Waals surface area (Å²) in [6.45, 7) is 5.60. The molecule has 4 nitrogen and oxygen atoms in total. The molecule has 0 aromatic carbocycles. The maximum absolute atomic E-state index is 5.13. The summed E-state index contributed by atoms with van der Waals surface area (Å²) >= 11 is 0. The molecule has 0 unspecified atom stereocenters. The molecule has 4 heteroatoms. The molecule has 1 aliphatic rings. The van der Waals surface area contributed by atoms with Crippen LogP contribution in [0.3, 0.4) is 0 Å². The number of methoxy groups -OCH3 is 1. The summed E-state index contributed by atoms with van der Waals surface area (Å²) in [4.78, 5) is 6.94. The fourth-order valence-electron chi connectivity index (χ4n) is 1.91. The van der Waals surface area contributed by atoms with Crippen LogP contribution >= 0.6 is 0 Å². The van der Waals surface area contributed by atoms with E-state index < -0.39 is 0 Å². The first kappa shape index (κ1) is 13.3. The maximum atomic E-state index is 5.13. The molecule has 0 amide bonds. The molecule has 0 atom stereocenters. The Hall–Kier alpha value is -1.13. The normalized spacial score (nSPS) is 14.8. The first-order chi connectivity index (χ1) is 8.83. The average molecular weight is 249 g/mol. The fraction of sp³-hybridized carbons (Fsp3) is 0.643. The summed E-state index contributed by atoms with van der Waals surface area (Å²) in [6.07, 6.45) is 2.63. The molecule has 1 aliphatic carbocycles. The molecule has 0 saturated heterocycles. The fourth-order valence-corrected chi connectivity index (χ4v) is 1.91. The molecule has 1 N–H and O–H groups in total. The molecular weight excluding hydrogens is 226 g/mol. The van der Waals surface area contributed by atoms with Gasteiger partial charge in [-0.05, 0) is 31.9 Å². The van der Waals surface area contributed by atoms with E-state index in [9.17, 15) is 0 Å². The van der Waals surface area contributed by atoms with Crippen molar-refractivity contribution in [3.63, 3.8) is 0 Å². The van der Waals surface area contributed by atoms with Crippen LogP contribution in [0, 0.1) is 0 Å². The zero-order chi connectivity index (χ0) is 12.8. The second-order valence-corrected chi connectivity index (χ2v) is 4.71. The Morgan fingerprint density at radius 2 is 2.28 bits per heavy atom. The van der Waals surface area contributed by atoms with Crippen molar-refractivity contribution in [1.29, 1.82) is 0 Å². The number of nitrogens with zero attached hydrogens (tertiary/aromatic N) is 2. The van der Waals surface area contributed by atoms with Crippen LogP contribution in [0.15, 0.2) is 18.2 Å². The molecular formula is C14H23N3O. The van der Waals surface area contributed by atoms with Crippen molar-refractivity contribution >= 4 is 5.82 Å². The number of rotatable bonds is 8. The van der Waals surface area contributed by atoms with Gasteiger partial charge in [-0.3, -0.25) is 0 Å². The van der Waals surface area contributed by atoms with E-state index >= 15 is 0 Å². The largest absolute Gasteiger partial charge is 0.383 e. The number of anilines is 1. The predicted octanol–water partition coefficient (Wildman–Crippen LogP) is 1.81. The van der Waals surface area contributed by atoms with E-state index in [0.717, 1.165) is 43.8 Å². The minimum atomic E-state index is 0.728. The highest BCUT2D eigenvalue weighted by atomic mass is 16.5. The van der Waals surface area contributed by atoms with E-state index in [-0.39, 0.29) is 0 Å². The summed E-state index contributed by atoms with van der Waals surface area (Å²) in [6, 6.07) is 6.97. The maximum Gasteiger partial charge on any atom is 0.128 e. The zero-order valence-electron chi connectivity index (χ0n) is 11.4. The van der Waals surface area contributed by atoms with Gasteiger partial charge in [-0.1, -0.05) is 6.07 Å². The number of likely N-dealkylation sites (N-methyl/N-ethyl adjacent to an activating group) is 1. The molecule has 1 aromatic heterocycles. The minimum absolute atomic E-state index is 0.728. The first-order valence-corrected chi connectivity index (χ1v) is 6.76. The van der Waals surface area contributed by atoms with Crippen molar-refractivity contribution < 1.29 is 4.74 Å². The number of ether oxygens (including phenoxy) is 1. The van der Waals surface area contributed by atoms with Gasteiger partial charge in [0.15, 0.2) is 0 Å². The highest BCUT2D eigenvalue weighted by molar-refractivity contribution is 5.39. The second-order valence-electron chi connectivity index (χ2n) is 4.71. The van der Waals surface area contributed by atoms with E-state index in [0.29, 0.717) is 0 Å². The van der Waals surface area contributed by atoms with Crippen LogP contribution in [0.2, 0.25) is 0 Å². The van der Waals surface area contributed by atoms with E-state index in [1.165, 1.54) is 12.8 Å². The lowest BCUT2D eigenvalue weighted by Crippen LogP contribution is -2.28. The van der Waals surface area contributed by atoms with Gasteiger partial charge in [0.1, 0.15) is 5.82 Å². The van der Waals surface area contributed by atoms with Crippen LogP contribution < -0.4 is 10.2 Å². The molecule has 1 heterocycles. The highest BCUT2D eigenvalue weighted by Gasteiger charge is 2.20. The van der Waals surface area contributed by atoms with Gasteiger partial charge < -0.3 is 15.0 Å². The molecule has 1 saturated carbocycles. The second kappa shape index (κ2) is 6.71. The standard InChI is InChI=1S/C14H23N3O/c1-3-17(9-10-18-2)14-6-4-5-13(16-14)11-15-12-7-8-12/h4-6,12,15H,3,7-11H2,1-2H3. The molecule has 2 rings (SSSR count). The monoisotopic (exact) mass is 249 g/mol. The summed E-state index contributed by atoms with van der Waals surface area (Å²) in [5.41, 5.74) is 1.12. The number of pyridine rings is 1. The number of hydrogen-bond acceptors (Lipinski definition) is 4. The van der Waals surface area contributed by atoms with Crippen LogP contribution in [-0.4, -0.2) is 37.8 Å². The summed E-state index contributed by atoms with van der Waals surface area (Å²) in [5.74, 6) is 1.05. The molecule has 1 aromatic rings. The van der Waals surface area contributed by atoms with Crippen molar-refractivity contribution in [3.8, 4) is 0 Å². The van der Waals surface area contributed by atoms with Crippen molar-refractivity contribution in [2.75, 3.05) is 31.7 Å². The summed E-state index contributed by atoms with van der Waals surface area (Å²) < 4.78 is 5.13. The molecule has 1 fully saturated rings. The third-order valence-corrected chi connectivity index (χ3v) is 3.21. The zero-order valence-corrected chi connectivity index (χ0v) is 11.4. The van der Waals surface area contributed by atoms with Gasteiger partial charge in [-0.15, -0.1) is 0 Å². The minimum Gasteiger partial charge on any atom is -0.383 e. The molecule has 18 heavy (non-hydrogen) atoms. The van der Waals surface area contributed by atoms with Crippen molar-refractivity contribution in [3.05, 3.63) is 23.9 Å². The topological polar surface area (TPSA) is 37.4 Å². The van der Waals surface area contributed by atoms with Gasteiger partial charge in [-0.2, -0.15) is 0 Å². The Balaban J connectivity index is 1.94. The third-order valence-electron chi connectivity index (χ3n) is 3.21. The van der Waals surface area contributed by atoms with Crippen molar-refractivity contribution in [2.24, 2.45) is 0 Å². The Bertz CT molecular complexity index is 366. The Kier molecular flexibility index (Phi) is 4.96. The van der Waals surface area contributed by atoms with Gasteiger partial charge in [-0.25, -0.2) is 4.98 Å². The predicted molar refractivity (Wildman–Crippen MR) is 73.9 cm³/mol. The quantitative estimate of drug-likeness (QED) is 0.762. The lowest BCUT2D eigenvalue weighted by atomic mass is 10.3. The SMILES string of the molecule is CCN(CCOC)c1cccc(CNC2CC2)n1. The molecule has 0 spiro atoms. The van der Waals surface area contributed by atoms with Gasteiger partial charge in [0.25, 0.3) is 0 Å². The van der Waals surface area contributed by atoms with Crippen LogP contribution in [0.5, 0.6) is 0 Å². The smallest absolute Gasteiger partial charge is 0.128 e. The Morgan fingerprint density at radius 1 is 1.44 bits per heavy atom. The van der Waals surface area contributed by atoms with E-state index in [1.54, 1.807) is 7.11 Å². The van der Waals surface area contributed by atoms with Crippen LogP contribution in [0.4, 0.5) is 5.82 Å². The van der Waals surface area contributed by atoms with Crippen LogP contribution in [0.25, 0.3) is 0 Å². The number of hydrogen-bond donors (Lipinski definition) is 1. The lowest BCUT2D eigenvalue weighted by molar-refractivity contribution is 0.205. The van der Waals surface area contributed by atoms with Gasteiger partial charge >= 0.3 is 0 Å². The molecule has 0 aliphatic heterocycles.